The summed E-state index contributed by atoms with van der Waals surface area (Å²) in [6, 6.07) is 2.78. The number of nitrogens with zero attached hydrogens (tertiary/aromatic N) is 1. The number of alkyl halides is 4. The van der Waals surface area contributed by atoms with E-state index in [-0.39, 0.29) is 18.0 Å². The Morgan fingerprint density at radius 2 is 2.12 bits per heavy atom. The van der Waals surface area contributed by atoms with Crippen molar-refractivity contribution in [3.63, 3.8) is 0 Å². The lowest BCUT2D eigenvalue weighted by Gasteiger charge is -2.16. The normalized spacial score (nSPS) is 11.9. The summed E-state index contributed by atoms with van der Waals surface area (Å²) in [5.41, 5.74) is 5.51. The van der Waals surface area contributed by atoms with Gasteiger partial charge in [-0.05, 0) is 12.1 Å². The molecule has 7 heteroatoms. The highest BCUT2D eigenvalue weighted by Gasteiger charge is 2.41. The van der Waals surface area contributed by atoms with Gasteiger partial charge in [-0.15, -0.1) is 0 Å². The molecule has 0 aliphatic carbocycles. The van der Waals surface area contributed by atoms with E-state index < -0.39 is 19.0 Å². The van der Waals surface area contributed by atoms with Gasteiger partial charge in [0.2, 0.25) is 0 Å². The fourth-order valence-corrected chi connectivity index (χ4v) is 0.945. The van der Waals surface area contributed by atoms with E-state index in [0.717, 1.165) is 0 Å². The van der Waals surface area contributed by atoms with Crippen molar-refractivity contribution in [2.75, 3.05) is 6.61 Å². The van der Waals surface area contributed by atoms with Crippen LogP contribution in [0.15, 0.2) is 18.3 Å². The molecule has 0 bridgehead atoms. The average Bonchev–Trinajstić information content (AvgIpc) is 2.26. The Labute approximate surface area is 89.2 Å². The highest BCUT2D eigenvalue weighted by atomic mass is 19.3. The summed E-state index contributed by atoms with van der Waals surface area (Å²) in [6.45, 7) is -1.42. The van der Waals surface area contributed by atoms with Crippen molar-refractivity contribution >= 4 is 0 Å². The van der Waals surface area contributed by atoms with Crippen LogP contribution in [0.3, 0.4) is 0 Å². The molecule has 0 fully saturated rings. The van der Waals surface area contributed by atoms with Gasteiger partial charge in [0.15, 0.2) is 6.61 Å². The van der Waals surface area contributed by atoms with Gasteiger partial charge >= 0.3 is 12.3 Å². The van der Waals surface area contributed by atoms with Crippen LogP contribution in [0.1, 0.15) is 5.69 Å². The first-order valence-electron chi connectivity index (χ1n) is 4.40. The lowest BCUT2D eigenvalue weighted by molar-refractivity contribution is -0.148. The van der Waals surface area contributed by atoms with Gasteiger partial charge in [-0.25, -0.2) is 8.78 Å². The first-order valence-corrected chi connectivity index (χ1v) is 4.40. The summed E-state index contributed by atoms with van der Waals surface area (Å²) >= 11 is 0. The Balaban J connectivity index is 2.67. The Bertz CT molecular complexity index is 346. The molecule has 0 atom stereocenters. The molecule has 0 saturated heterocycles. The molecule has 0 aromatic carbocycles. The van der Waals surface area contributed by atoms with Crippen molar-refractivity contribution in [3.05, 3.63) is 24.0 Å². The third-order valence-electron chi connectivity index (χ3n) is 1.78. The van der Waals surface area contributed by atoms with E-state index in [2.05, 4.69) is 9.72 Å². The highest BCUT2D eigenvalue weighted by Crippen LogP contribution is 2.25. The number of halogens is 4. The van der Waals surface area contributed by atoms with Crippen LogP contribution >= 0.6 is 0 Å². The second kappa shape index (κ2) is 5.11. The zero-order chi connectivity index (χ0) is 12.2. The predicted molar refractivity (Wildman–Crippen MR) is 48.6 cm³/mol. The van der Waals surface area contributed by atoms with Gasteiger partial charge in [-0.1, -0.05) is 0 Å². The molecule has 1 rings (SSSR count). The maximum absolute atomic E-state index is 12.5. The molecule has 16 heavy (non-hydrogen) atoms. The number of ether oxygens (including phenoxy) is 1. The van der Waals surface area contributed by atoms with Gasteiger partial charge in [-0.3, -0.25) is 4.98 Å². The smallest absolute Gasteiger partial charge is 0.340 e. The first kappa shape index (κ1) is 12.7. The summed E-state index contributed by atoms with van der Waals surface area (Å²) < 4.78 is 53.3. The Morgan fingerprint density at radius 3 is 2.69 bits per heavy atom. The maximum atomic E-state index is 12.5. The quantitative estimate of drug-likeness (QED) is 0.796. The summed E-state index contributed by atoms with van der Waals surface area (Å²) in [7, 11) is 0. The van der Waals surface area contributed by atoms with Gasteiger partial charge in [0.05, 0.1) is 5.69 Å². The van der Waals surface area contributed by atoms with Gasteiger partial charge in [0, 0.05) is 12.7 Å². The molecule has 1 aromatic heterocycles. The third kappa shape index (κ3) is 3.06. The van der Waals surface area contributed by atoms with Crippen LogP contribution in [0, 0.1) is 0 Å². The Morgan fingerprint density at radius 1 is 1.44 bits per heavy atom. The number of hydrogen-bond donors (Lipinski definition) is 1. The second-order valence-electron chi connectivity index (χ2n) is 3.00. The van der Waals surface area contributed by atoms with Crippen LogP contribution in [0.2, 0.25) is 0 Å². The van der Waals surface area contributed by atoms with Gasteiger partial charge < -0.3 is 10.5 Å². The standard InChI is InChI=1S/C9H10F4N2O/c10-8(11)9(12,13)5-16-7-2-1-3-15-6(7)4-14/h1-3,8H,4-5,14H2. The number of aromatic nitrogens is 1. The van der Waals surface area contributed by atoms with E-state index in [0.29, 0.717) is 0 Å². The predicted octanol–water partition coefficient (Wildman–Crippen LogP) is 1.82. The van der Waals surface area contributed by atoms with Crippen LogP contribution in [0.25, 0.3) is 0 Å². The molecule has 3 nitrogen and oxygen atoms in total. The van der Waals surface area contributed by atoms with Crippen LogP contribution in [-0.4, -0.2) is 23.9 Å². The van der Waals surface area contributed by atoms with Crippen molar-refractivity contribution in [1.29, 1.82) is 0 Å². The monoisotopic (exact) mass is 238 g/mol. The van der Waals surface area contributed by atoms with Gasteiger partial charge in [-0.2, -0.15) is 8.78 Å². The van der Waals surface area contributed by atoms with E-state index in [1.165, 1.54) is 18.3 Å². The zero-order valence-electron chi connectivity index (χ0n) is 8.17. The summed E-state index contributed by atoms with van der Waals surface area (Å²) in [6.07, 6.45) is -2.36. The molecule has 0 unspecified atom stereocenters. The Hall–Kier alpha value is -1.37. The van der Waals surface area contributed by atoms with Crippen molar-refractivity contribution < 1.29 is 22.3 Å². The fourth-order valence-electron chi connectivity index (χ4n) is 0.945. The minimum atomic E-state index is -4.18. The lowest BCUT2D eigenvalue weighted by Crippen LogP contribution is -2.34. The maximum Gasteiger partial charge on any atom is 0.340 e. The zero-order valence-corrected chi connectivity index (χ0v) is 8.17. The molecule has 0 aliphatic rings. The van der Waals surface area contributed by atoms with Crippen molar-refractivity contribution in [1.82, 2.24) is 4.98 Å². The topological polar surface area (TPSA) is 48.1 Å². The second-order valence-corrected chi connectivity index (χ2v) is 3.00. The number of pyridine rings is 1. The number of hydrogen-bond acceptors (Lipinski definition) is 3. The van der Waals surface area contributed by atoms with E-state index in [1.54, 1.807) is 0 Å². The van der Waals surface area contributed by atoms with Gasteiger partial charge in [0.1, 0.15) is 5.75 Å². The summed E-state index contributed by atoms with van der Waals surface area (Å²) in [5, 5.41) is 0. The van der Waals surface area contributed by atoms with Crippen LogP contribution in [0.4, 0.5) is 17.6 Å². The van der Waals surface area contributed by atoms with Crippen molar-refractivity contribution in [3.8, 4) is 5.75 Å². The highest BCUT2D eigenvalue weighted by molar-refractivity contribution is 5.26. The number of nitrogens with two attached hydrogens (primary N) is 1. The first-order chi connectivity index (χ1) is 7.47. The molecular weight excluding hydrogens is 228 g/mol. The average molecular weight is 238 g/mol. The largest absolute Gasteiger partial charge is 0.485 e. The molecule has 1 aromatic rings. The fraction of sp³-hybridized carbons (Fsp3) is 0.444. The van der Waals surface area contributed by atoms with Gasteiger partial charge in [0.25, 0.3) is 0 Å². The van der Waals surface area contributed by atoms with Crippen LogP contribution < -0.4 is 10.5 Å². The molecule has 90 valence electrons. The molecule has 0 spiro atoms. The van der Waals surface area contributed by atoms with E-state index in [4.69, 9.17) is 5.73 Å². The molecule has 1 heterocycles. The summed E-state index contributed by atoms with van der Waals surface area (Å²) in [5.74, 6) is -4.19. The van der Waals surface area contributed by atoms with E-state index in [9.17, 15) is 17.6 Å². The number of rotatable bonds is 5. The summed E-state index contributed by atoms with van der Waals surface area (Å²) in [4.78, 5) is 3.76. The van der Waals surface area contributed by atoms with Crippen LogP contribution in [0.5, 0.6) is 5.75 Å². The molecule has 2 N–H and O–H groups in total. The van der Waals surface area contributed by atoms with E-state index >= 15 is 0 Å². The lowest BCUT2D eigenvalue weighted by atomic mass is 10.3. The van der Waals surface area contributed by atoms with Crippen molar-refractivity contribution in [2.24, 2.45) is 5.73 Å². The molecular formula is C9H10F4N2O. The minimum Gasteiger partial charge on any atom is -0.485 e. The van der Waals surface area contributed by atoms with Crippen molar-refractivity contribution in [2.45, 2.75) is 18.9 Å². The molecule has 0 aliphatic heterocycles. The SMILES string of the molecule is NCc1ncccc1OCC(F)(F)C(F)F. The van der Waals surface area contributed by atoms with E-state index in [1.807, 2.05) is 0 Å². The molecule has 0 saturated carbocycles. The molecule has 0 radical (unpaired) electrons. The molecule has 0 amide bonds. The minimum absolute atomic E-state index is 0.00896. The Kier molecular flexibility index (Phi) is 4.05. The van der Waals surface area contributed by atoms with Crippen LogP contribution in [-0.2, 0) is 6.54 Å². The third-order valence-corrected chi connectivity index (χ3v) is 1.78.